The van der Waals surface area contributed by atoms with Gasteiger partial charge in [0.25, 0.3) is 0 Å². The molecule has 2 aliphatic carbocycles. The van der Waals surface area contributed by atoms with Gasteiger partial charge in [0.15, 0.2) is 0 Å². The molecular formula is C63H71BN2S. The molecular weight excluding hydrogens is 828 g/mol. The second-order valence-corrected chi connectivity index (χ2v) is 26.7. The predicted molar refractivity (Wildman–Crippen MR) is 294 cm³/mol. The minimum Gasteiger partial charge on any atom is -0.376 e. The first-order valence-electron chi connectivity index (χ1n) is 25.2. The van der Waals surface area contributed by atoms with Crippen LogP contribution in [0.25, 0.3) is 32.3 Å². The molecule has 7 aromatic rings. The lowest BCUT2D eigenvalue weighted by atomic mass is 9.43. The third-order valence-electron chi connectivity index (χ3n) is 16.9. The Hall–Kier alpha value is -5.06. The highest BCUT2D eigenvalue weighted by molar-refractivity contribution is 7.26. The lowest BCUT2D eigenvalue weighted by Gasteiger charge is -2.47. The second-order valence-electron chi connectivity index (χ2n) is 25.7. The van der Waals surface area contributed by atoms with Gasteiger partial charge in [0, 0.05) is 32.9 Å². The summed E-state index contributed by atoms with van der Waals surface area (Å²) in [5.74, 6) is 0. The molecule has 0 saturated heterocycles. The zero-order valence-electron chi connectivity index (χ0n) is 43.1. The second kappa shape index (κ2) is 14.5. The smallest absolute Gasteiger partial charge is 0.334 e. The van der Waals surface area contributed by atoms with Crippen molar-refractivity contribution in [2.75, 3.05) is 9.71 Å². The fourth-order valence-corrected chi connectivity index (χ4v) is 13.7. The van der Waals surface area contributed by atoms with E-state index in [1.165, 1.54) is 136 Å². The van der Waals surface area contributed by atoms with Gasteiger partial charge in [-0.3, -0.25) is 0 Å². The Kier molecular flexibility index (Phi) is 9.61. The summed E-state index contributed by atoms with van der Waals surface area (Å²) in [6, 6.07) is 43.8. The van der Waals surface area contributed by atoms with Crippen LogP contribution in [0.3, 0.4) is 0 Å². The molecule has 0 fully saturated rings. The van der Waals surface area contributed by atoms with E-state index in [4.69, 9.17) is 0 Å². The molecule has 0 amide bonds. The van der Waals surface area contributed by atoms with Gasteiger partial charge in [-0.15, -0.1) is 11.3 Å². The van der Waals surface area contributed by atoms with Crippen molar-refractivity contribution in [3.63, 3.8) is 0 Å². The summed E-state index contributed by atoms with van der Waals surface area (Å²) in [4.78, 5) is 5.51. The molecule has 11 rings (SSSR count). The van der Waals surface area contributed by atoms with Crippen molar-refractivity contribution in [1.82, 2.24) is 0 Å². The van der Waals surface area contributed by atoms with E-state index in [-0.39, 0.29) is 39.3 Å². The van der Waals surface area contributed by atoms with Crippen LogP contribution in [0.15, 0.2) is 109 Å². The van der Waals surface area contributed by atoms with Gasteiger partial charge in [0.05, 0.1) is 10.7 Å². The molecule has 67 heavy (non-hydrogen) atoms. The molecule has 2 aliphatic heterocycles. The van der Waals surface area contributed by atoms with Crippen LogP contribution in [0.4, 0.5) is 27.8 Å². The van der Waals surface area contributed by atoms with Crippen LogP contribution < -0.4 is 20.6 Å². The predicted octanol–water partition coefficient (Wildman–Crippen LogP) is 16.9. The number of nitrogens with zero attached hydrogens (tertiary/aromatic N) is 2. The highest BCUT2D eigenvalue weighted by Gasteiger charge is 2.49. The topological polar surface area (TPSA) is 6.48 Å². The fraction of sp³-hybridized carbons (Fsp3) is 0.397. The molecule has 0 atom stereocenters. The van der Waals surface area contributed by atoms with Crippen LogP contribution in [0.2, 0.25) is 0 Å². The first-order chi connectivity index (χ1) is 31.4. The third-order valence-corrected chi connectivity index (χ3v) is 18.1. The molecule has 0 radical (unpaired) electrons. The molecule has 4 heteroatoms. The minimum absolute atomic E-state index is 0.00617. The highest BCUT2D eigenvalue weighted by atomic mass is 32.1. The maximum atomic E-state index is 2.81. The van der Waals surface area contributed by atoms with E-state index in [1.807, 2.05) is 11.3 Å². The molecule has 0 unspecified atom stereocenters. The standard InChI is InChI=1S/C63H71BN2S/c1-38-31-45-43-24-21-41(59(5,6)7)34-52(43)66(42-23-25-47-48(35-42)61(10,11)28-27-60(47,8)9)64-55(45)53(32-38)65(51-26-22-40(58(2,3)4)33-44(51)39-19-17-16-18-20-39)57-56(64)46-36-49-50(37-54(46)67-57)63(14,15)30-29-62(49,12)13/h16-26,31-37H,27-30H2,1-15H3. The SMILES string of the molecule is Cc1cc2c3c(c1)N(c1ccc(C(C)(C)C)cc1-c1ccccc1)c1sc4cc5c(cc4c1B3N(c1ccc3c(c1)C(C)(C)CCC3(C)C)c1cc(C(C)(C)C)ccc1-2)C(C)(C)CCC5(C)C. The molecule has 0 spiro atoms. The Morgan fingerprint density at radius 3 is 1.72 bits per heavy atom. The summed E-state index contributed by atoms with van der Waals surface area (Å²) in [6.45, 7) is 36.2. The van der Waals surface area contributed by atoms with Crippen molar-refractivity contribution >= 4 is 66.9 Å². The number of rotatable bonds is 3. The van der Waals surface area contributed by atoms with Crippen molar-refractivity contribution in [3.8, 4) is 22.3 Å². The molecule has 0 saturated carbocycles. The number of thiophene rings is 1. The minimum atomic E-state index is -0.0575. The quantitative estimate of drug-likeness (QED) is 0.163. The van der Waals surface area contributed by atoms with Gasteiger partial charge in [-0.25, -0.2) is 0 Å². The molecule has 6 aromatic carbocycles. The lowest BCUT2D eigenvalue weighted by Crippen LogP contribution is -2.61. The third kappa shape index (κ3) is 6.84. The van der Waals surface area contributed by atoms with E-state index in [9.17, 15) is 0 Å². The van der Waals surface area contributed by atoms with Crippen molar-refractivity contribution in [2.24, 2.45) is 0 Å². The van der Waals surface area contributed by atoms with Crippen LogP contribution in [0, 0.1) is 6.92 Å². The first-order valence-corrected chi connectivity index (χ1v) is 26.0. The van der Waals surface area contributed by atoms with E-state index in [0.717, 1.165) is 0 Å². The Bertz CT molecular complexity index is 3180. The summed E-state index contributed by atoms with van der Waals surface area (Å²) < 4.78 is 1.39. The number of hydrogen-bond donors (Lipinski definition) is 0. The molecule has 3 heterocycles. The van der Waals surface area contributed by atoms with Crippen LogP contribution >= 0.6 is 11.3 Å². The Morgan fingerprint density at radius 1 is 0.493 bits per heavy atom. The zero-order chi connectivity index (χ0) is 47.5. The number of anilines is 5. The fourth-order valence-electron chi connectivity index (χ4n) is 12.4. The number of benzene rings is 6. The largest absolute Gasteiger partial charge is 0.376 e. The normalized spacial score (nSPS) is 18.5. The average molecular weight is 899 g/mol. The molecule has 0 bridgehead atoms. The summed E-state index contributed by atoms with van der Waals surface area (Å²) >= 11 is 2.02. The van der Waals surface area contributed by atoms with E-state index in [0.29, 0.717) is 0 Å². The van der Waals surface area contributed by atoms with Crippen LogP contribution in [0.5, 0.6) is 0 Å². The molecule has 2 nitrogen and oxygen atoms in total. The van der Waals surface area contributed by atoms with Crippen LogP contribution in [0.1, 0.15) is 162 Å². The number of fused-ring (bicyclic) bond motifs is 8. The van der Waals surface area contributed by atoms with E-state index >= 15 is 0 Å². The summed E-state index contributed by atoms with van der Waals surface area (Å²) in [5.41, 5.74) is 23.5. The van der Waals surface area contributed by atoms with Crippen molar-refractivity contribution in [2.45, 2.75) is 162 Å². The van der Waals surface area contributed by atoms with E-state index in [1.54, 1.807) is 0 Å². The number of aryl methyl sites for hydroxylation is 1. The first kappa shape index (κ1) is 44.5. The Morgan fingerprint density at radius 2 is 1.07 bits per heavy atom. The van der Waals surface area contributed by atoms with Gasteiger partial charge in [-0.1, -0.05) is 158 Å². The van der Waals surface area contributed by atoms with E-state index in [2.05, 4.69) is 223 Å². The van der Waals surface area contributed by atoms with Gasteiger partial charge in [0.1, 0.15) is 0 Å². The van der Waals surface area contributed by atoms with Crippen molar-refractivity contribution in [1.29, 1.82) is 0 Å². The molecule has 4 aliphatic rings. The lowest BCUT2D eigenvalue weighted by molar-refractivity contribution is 0.332. The Balaban J connectivity index is 1.30. The zero-order valence-corrected chi connectivity index (χ0v) is 43.9. The summed E-state index contributed by atoms with van der Waals surface area (Å²) in [7, 11) is 0. The van der Waals surface area contributed by atoms with Gasteiger partial charge < -0.3 is 9.71 Å². The highest BCUT2D eigenvalue weighted by Crippen LogP contribution is 2.55. The summed E-state index contributed by atoms with van der Waals surface area (Å²) in [6.07, 6.45) is 4.76. The number of hydrogen-bond acceptors (Lipinski definition) is 3. The van der Waals surface area contributed by atoms with Gasteiger partial charge in [-0.05, 0) is 180 Å². The van der Waals surface area contributed by atoms with Crippen molar-refractivity contribution in [3.05, 3.63) is 148 Å². The Labute approximate surface area is 407 Å². The maximum absolute atomic E-state index is 2.81. The van der Waals surface area contributed by atoms with Crippen LogP contribution in [-0.4, -0.2) is 6.85 Å². The molecule has 0 N–H and O–H groups in total. The van der Waals surface area contributed by atoms with Crippen LogP contribution in [-0.2, 0) is 32.5 Å². The van der Waals surface area contributed by atoms with Gasteiger partial charge in [-0.2, -0.15) is 0 Å². The van der Waals surface area contributed by atoms with E-state index < -0.39 is 0 Å². The van der Waals surface area contributed by atoms with Gasteiger partial charge in [0.2, 0.25) is 0 Å². The monoisotopic (exact) mass is 899 g/mol. The molecule has 1 aromatic heterocycles. The molecule has 342 valence electrons. The van der Waals surface area contributed by atoms with Crippen molar-refractivity contribution < 1.29 is 0 Å². The maximum Gasteiger partial charge on any atom is 0.334 e. The van der Waals surface area contributed by atoms with Gasteiger partial charge >= 0.3 is 6.85 Å². The average Bonchev–Trinajstić information content (AvgIpc) is 3.64. The summed E-state index contributed by atoms with van der Waals surface area (Å²) in [5, 5.41) is 2.74.